The fraction of sp³-hybridized carbons (Fsp3) is 0.457. The molecule has 1 aromatic heterocycles. The Hall–Kier alpha value is -3.98. The van der Waals surface area contributed by atoms with Gasteiger partial charge in [0.15, 0.2) is 17.5 Å². The lowest BCUT2D eigenvalue weighted by Crippen LogP contribution is -2.60. The average molecular weight is 636 g/mol. The number of amides is 1. The van der Waals surface area contributed by atoms with Gasteiger partial charge in [-0.25, -0.2) is 14.4 Å². The van der Waals surface area contributed by atoms with Crippen LogP contribution in [0.3, 0.4) is 0 Å². The molecule has 0 aliphatic carbocycles. The highest BCUT2D eigenvalue weighted by atomic mass is 35.5. The summed E-state index contributed by atoms with van der Waals surface area (Å²) >= 11 is 6.09. The Morgan fingerprint density at radius 3 is 2.51 bits per heavy atom. The van der Waals surface area contributed by atoms with Gasteiger partial charge in [-0.3, -0.25) is 4.79 Å². The van der Waals surface area contributed by atoms with Crippen molar-refractivity contribution in [3.63, 3.8) is 0 Å². The zero-order valence-corrected chi connectivity index (χ0v) is 27.8. The monoisotopic (exact) mass is 635 g/mol. The van der Waals surface area contributed by atoms with E-state index in [1.165, 1.54) is 11.7 Å². The summed E-state index contributed by atoms with van der Waals surface area (Å²) in [6.45, 7) is 10.4. The van der Waals surface area contributed by atoms with Gasteiger partial charge in [0.05, 0.1) is 14.2 Å². The number of rotatable bonds is 8. The van der Waals surface area contributed by atoms with E-state index in [9.17, 15) is 9.59 Å². The van der Waals surface area contributed by atoms with Crippen molar-refractivity contribution in [2.45, 2.75) is 71.2 Å². The highest BCUT2D eigenvalue weighted by Crippen LogP contribution is 2.48. The third-order valence-electron chi connectivity index (χ3n) is 8.61. The van der Waals surface area contributed by atoms with Crippen molar-refractivity contribution in [2.75, 3.05) is 26.6 Å². The fourth-order valence-electron chi connectivity index (χ4n) is 6.32. The Morgan fingerprint density at radius 1 is 1.13 bits per heavy atom. The summed E-state index contributed by atoms with van der Waals surface area (Å²) in [5, 5.41) is 0.625. The second kappa shape index (κ2) is 12.8. The number of alkyl halides is 1. The molecule has 3 heterocycles. The van der Waals surface area contributed by atoms with Crippen LogP contribution in [-0.4, -0.2) is 65.1 Å². The molecule has 240 valence electrons. The Morgan fingerprint density at radius 2 is 1.87 bits per heavy atom. The van der Waals surface area contributed by atoms with Crippen LogP contribution >= 0.6 is 11.6 Å². The number of aromatic nitrogens is 1. The molecule has 1 fully saturated rings. The normalized spacial score (nSPS) is 21.9. The number of hydrogen-bond acceptors (Lipinski definition) is 7. The molecule has 0 N–H and O–H groups in total. The SMILES string of the molecule is COC1=N[C@H](c2cn(C(=O)OC(C)(C)C)c3c(OC)c(OCc4ccccc4)ccc23)C(=O)N2CC[C@H](C)[C@]12C/C=C(/C)CCl. The van der Waals surface area contributed by atoms with E-state index in [0.29, 0.717) is 59.3 Å². The standard InChI is InChI=1S/C35H42ClN3O6/c1-22(19-36)15-17-35-23(2)16-18-39(35)31(40)28(37-32(35)43-7)26-20-38(33(41)45-34(3,4)5)29-25(26)13-14-27(30(29)42-6)44-21-24-11-9-8-10-12-24/h8-15,20,23,28H,16-19,21H2,1-7H3/b22-15-/t23-,28+,35+/m0/s1. The lowest BCUT2D eigenvalue weighted by molar-refractivity contribution is -0.137. The lowest BCUT2D eigenvalue weighted by Gasteiger charge is -2.45. The van der Waals surface area contributed by atoms with E-state index in [0.717, 1.165) is 17.6 Å². The van der Waals surface area contributed by atoms with E-state index in [-0.39, 0.29) is 11.8 Å². The van der Waals surface area contributed by atoms with E-state index >= 15 is 0 Å². The fourth-order valence-corrected chi connectivity index (χ4v) is 6.43. The predicted molar refractivity (Wildman–Crippen MR) is 175 cm³/mol. The molecule has 9 nitrogen and oxygen atoms in total. The maximum absolute atomic E-state index is 14.4. The molecular formula is C35H42ClN3O6. The van der Waals surface area contributed by atoms with E-state index in [4.69, 9.17) is 35.5 Å². The highest BCUT2D eigenvalue weighted by Gasteiger charge is 2.57. The summed E-state index contributed by atoms with van der Waals surface area (Å²) in [6, 6.07) is 12.5. The van der Waals surface area contributed by atoms with Crippen LogP contribution < -0.4 is 9.47 Å². The van der Waals surface area contributed by atoms with E-state index < -0.39 is 23.3 Å². The molecule has 10 heteroatoms. The molecule has 2 aliphatic rings. The Kier molecular flexibility index (Phi) is 9.21. The van der Waals surface area contributed by atoms with Gasteiger partial charge in [-0.15, -0.1) is 11.6 Å². The molecule has 0 saturated carbocycles. The third-order valence-corrected chi connectivity index (χ3v) is 9.03. The lowest BCUT2D eigenvalue weighted by atomic mass is 9.80. The Balaban J connectivity index is 1.66. The molecule has 1 saturated heterocycles. The van der Waals surface area contributed by atoms with Crippen LogP contribution in [0.1, 0.15) is 64.6 Å². The van der Waals surface area contributed by atoms with Gasteiger partial charge in [0, 0.05) is 29.6 Å². The number of carbonyl (C=O) groups is 2. The Bertz CT molecular complexity index is 1640. The molecule has 5 rings (SSSR count). The number of carbonyl (C=O) groups excluding carboxylic acids is 2. The summed E-state index contributed by atoms with van der Waals surface area (Å²) in [5.74, 6) is 1.67. The van der Waals surface area contributed by atoms with E-state index in [1.54, 1.807) is 40.1 Å². The Labute approximate surface area is 269 Å². The minimum absolute atomic E-state index is 0.119. The first-order chi connectivity index (χ1) is 21.4. The van der Waals surface area contributed by atoms with Crippen LogP contribution in [0.5, 0.6) is 11.5 Å². The van der Waals surface area contributed by atoms with Crippen molar-refractivity contribution < 1.29 is 28.5 Å². The second-order valence-corrected chi connectivity index (χ2v) is 13.0. The first-order valence-electron chi connectivity index (χ1n) is 15.2. The molecule has 0 unspecified atom stereocenters. The summed E-state index contributed by atoms with van der Waals surface area (Å²) in [6.07, 6.45) is 4.45. The minimum atomic E-state index is -0.941. The third kappa shape index (κ3) is 6.02. The van der Waals surface area contributed by atoms with Crippen molar-refractivity contribution in [3.05, 3.63) is 71.4 Å². The maximum Gasteiger partial charge on any atom is 0.419 e. The van der Waals surface area contributed by atoms with Gasteiger partial charge >= 0.3 is 6.09 Å². The number of fused-ring (bicyclic) bond motifs is 2. The minimum Gasteiger partial charge on any atom is -0.491 e. The van der Waals surface area contributed by atoms with Crippen molar-refractivity contribution in [2.24, 2.45) is 10.9 Å². The number of ether oxygens (including phenoxy) is 4. The van der Waals surface area contributed by atoms with Crippen molar-refractivity contribution in [3.8, 4) is 11.5 Å². The molecule has 2 aromatic carbocycles. The molecule has 45 heavy (non-hydrogen) atoms. The molecule has 2 aliphatic heterocycles. The molecule has 0 radical (unpaired) electrons. The van der Waals surface area contributed by atoms with E-state index in [2.05, 4.69) is 13.0 Å². The second-order valence-electron chi connectivity index (χ2n) is 12.7. The largest absolute Gasteiger partial charge is 0.491 e. The van der Waals surface area contributed by atoms with E-state index in [1.807, 2.05) is 48.2 Å². The number of methoxy groups -OCH3 is 2. The number of halogens is 1. The maximum atomic E-state index is 14.4. The number of benzene rings is 2. The summed E-state index contributed by atoms with van der Waals surface area (Å²) in [4.78, 5) is 34.9. The average Bonchev–Trinajstić information content (AvgIpc) is 3.57. The molecule has 0 spiro atoms. The predicted octanol–water partition coefficient (Wildman–Crippen LogP) is 7.29. The van der Waals surface area contributed by atoms with Crippen molar-refractivity contribution >= 4 is 40.4 Å². The number of allylic oxidation sites excluding steroid dienone is 1. The van der Waals surface area contributed by atoms with Gasteiger partial charge in [0.2, 0.25) is 5.90 Å². The van der Waals surface area contributed by atoms with Crippen LogP contribution in [0.2, 0.25) is 0 Å². The highest BCUT2D eigenvalue weighted by molar-refractivity contribution is 6.19. The first kappa shape index (κ1) is 32.4. The van der Waals surface area contributed by atoms with Gasteiger partial charge < -0.3 is 23.8 Å². The first-order valence-corrected chi connectivity index (χ1v) is 15.8. The smallest absolute Gasteiger partial charge is 0.419 e. The number of aliphatic imine (C=N–C) groups is 1. The van der Waals surface area contributed by atoms with Gasteiger partial charge in [-0.1, -0.05) is 48.9 Å². The molecule has 0 bridgehead atoms. The topological polar surface area (TPSA) is 91.6 Å². The van der Waals surface area contributed by atoms with Gasteiger partial charge in [-0.2, -0.15) is 0 Å². The van der Waals surface area contributed by atoms with Crippen LogP contribution in [0.25, 0.3) is 10.9 Å². The van der Waals surface area contributed by atoms with Gasteiger partial charge in [0.1, 0.15) is 23.3 Å². The van der Waals surface area contributed by atoms with Crippen LogP contribution in [0.15, 0.2) is 65.3 Å². The van der Waals surface area contributed by atoms with Crippen molar-refractivity contribution in [1.82, 2.24) is 9.47 Å². The summed E-state index contributed by atoms with van der Waals surface area (Å²) in [7, 11) is 3.12. The zero-order valence-electron chi connectivity index (χ0n) is 27.1. The van der Waals surface area contributed by atoms with Gasteiger partial charge in [0.25, 0.3) is 5.91 Å². The molecule has 3 aromatic rings. The summed E-state index contributed by atoms with van der Waals surface area (Å²) in [5.41, 5.74) is 1.51. The zero-order chi connectivity index (χ0) is 32.5. The number of nitrogens with zero attached hydrogens (tertiary/aromatic N) is 3. The van der Waals surface area contributed by atoms with Crippen LogP contribution in [0, 0.1) is 5.92 Å². The molecular weight excluding hydrogens is 594 g/mol. The molecule has 3 atom stereocenters. The summed E-state index contributed by atoms with van der Waals surface area (Å²) < 4.78 is 25.2. The number of hydrogen-bond donors (Lipinski definition) is 0. The van der Waals surface area contributed by atoms with Crippen molar-refractivity contribution in [1.29, 1.82) is 0 Å². The van der Waals surface area contributed by atoms with Crippen LogP contribution in [-0.2, 0) is 20.9 Å². The molecule has 1 amide bonds. The quantitative estimate of drug-likeness (QED) is 0.191. The van der Waals surface area contributed by atoms with Gasteiger partial charge in [-0.05, 0) is 64.2 Å². The van der Waals surface area contributed by atoms with Crippen LogP contribution in [0.4, 0.5) is 4.79 Å².